The summed E-state index contributed by atoms with van der Waals surface area (Å²) in [6, 6.07) is 15.4. The van der Waals surface area contributed by atoms with Gasteiger partial charge in [0.1, 0.15) is 16.5 Å². The highest BCUT2D eigenvalue weighted by molar-refractivity contribution is 7.13. The van der Waals surface area contributed by atoms with Crippen molar-refractivity contribution in [1.29, 1.82) is 0 Å². The molecule has 1 aliphatic rings. The van der Waals surface area contributed by atoms with Gasteiger partial charge in [0.25, 0.3) is 5.91 Å². The van der Waals surface area contributed by atoms with Crippen LogP contribution >= 0.6 is 11.3 Å². The molecule has 0 atom stereocenters. The monoisotopic (exact) mass is 487 g/mol. The number of rotatable bonds is 8. The number of halogens is 2. The zero-order chi connectivity index (χ0) is 24.3. The maximum atomic E-state index is 14.2. The van der Waals surface area contributed by atoms with Crippen LogP contribution in [0.2, 0.25) is 0 Å². The summed E-state index contributed by atoms with van der Waals surface area (Å²) in [6.45, 7) is -1.67. The predicted molar refractivity (Wildman–Crippen MR) is 119 cm³/mol. The quantitative estimate of drug-likeness (QED) is 0.447. The van der Waals surface area contributed by atoms with Crippen LogP contribution in [0.4, 0.5) is 13.6 Å². The van der Waals surface area contributed by atoms with E-state index in [1.54, 1.807) is 0 Å². The molecule has 0 fully saturated rings. The number of hydrogen-bond acceptors (Lipinski definition) is 6. The molecule has 1 heterocycles. The Morgan fingerprint density at radius 2 is 1.65 bits per heavy atom. The van der Waals surface area contributed by atoms with E-state index in [0.717, 1.165) is 39.8 Å². The van der Waals surface area contributed by atoms with E-state index < -0.39 is 30.4 Å². The number of thiazole rings is 1. The molecule has 8 nitrogen and oxygen atoms in total. The number of nitrogens with zero attached hydrogens (tertiary/aromatic N) is 1. The standard InChI is InChI=1S/C23H19F2N3O5S/c24-23(25,21(31)27-10-19-26-9-18(34-19)20(29)30)12-28-22(32)33-11-17-15-7-3-1-5-13(15)14-6-2-4-8-16(14)17/h1-9,17H,10-12H2,(H,27,31)(H,28,32)(H,29,30). The number of carboxylic acid groups (broad SMARTS) is 1. The largest absolute Gasteiger partial charge is 0.477 e. The van der Waals surface area contributed by atoms with Crippen molar-refractivity contribution in [2.24, 2.45) is 0 Å². The third-order valence-electron chi connectivity index (χ3n) is 5.30. The highest BCUT2D eigenvalue weighted by atomic mass is 32.1. The van der Waals surface area contributed by atoms with Gasteiger partial charge in [-0.2, -0.15) is 8.78 Å². The molecule has 176 valence electrons. The Hall–Kier alpha value is -3.86. The van der Waals surface area contributed by atoms with Gasteiger partial charge in [0.2, 0.25) is 0 Å². The van der Waals surface area contributed by atoms with Crippen molar-refractivity contribution in [3.63, 3.8) is 0 Å². The van der Waals surface area contributed by atoms with Crippen molar-refractivity contribution in [3.05, 3.63) is 75.7 Å². The van der Waals surface area contributed by atoms with Gasteiger partial charge < -0.3 is 20.5 Å². The molecular formula is C23H19F2N3O5S. The van der Waals surface area contributed by atoms with E-state index in [1.165, 1.54) is 0 Å². The lowest BCUT2D eigenvalue weighted by atomic mass is 9.98. The van der Waals surface area contributed by atoms with E-state index in [4.69, 9.17) is 9.84 Å². The van der Waals surface area contributed by atoms with Crippen LogP contribution in [0.15, 0.2) is 54.7 Å². The number of ether oxygens (including phenoxy) is 1. The summed E-state index contributed by atoms with van der Waals surface area (Å²) in [7, 11) is 0. The normalized spacial score (nSPS) is 12.5. The Balaban J connectivity index is 1.28. The number of carbonyl (C=O) groups excluding carboxylic acids is 2. The Kier molecular flexibility index (Phi) is 6.55. The first-order valence-corrected chi connectivity index (χ1v) is 11.0. The van der Waals surface area contributed by atoms with Gasteiger partial charge in [0, 0.05) is 5.92 Å². The molecule has 4 rings (SSSR count). The molecule has 1 aromatic heterocycles. The van der Waals surface area contributed by atoms with Crippen LogP contribution in [0.25, 0.3) is 11.1 Å². The fourth-order valence-electron chi connectivity index (χ4n) is 3.69. The molecule has 2 aromatic carbocycles. The summed E-state index contributed by atoms with van der Waals surface area (Å²) < 4.78 is 33.5. The first kappa shape index (κ1) is 23.3. The second-order valence-electron chi connectivity index (χ2n) is 7.49. The summed E-state index contributed by atoms with van der Waals surface area (Å²) in [6.07, 6.45) is 0.00563. The first-order valence-electron chi connectivity index (χ1n) is 10.2. The lowest BCUT2D eigenvalue weighted by molar-refractivity contribution is -0.144. The molecule has 2 amide bonds. The van der Waals surface area contributed by atoms with E-state index in [-0.39, 0.29) is 29.0 Å². The average molecular weight is 487 g/mol. The summed E-state index contributed by atoms with van der Waals surface area (Å²) in [5.74, 6) is -6.96. The molecule has 0 spiro atoms. The molecule has 0 bridgehead atoms. The third-order valence-corrected chi connectivity index (χ3v) is 6.28. The van der Waals surface area contributed by atoms with Gasteiger partial charge in [0.15, 0.2) is 0 Å². The van der Waals surface area contributed by atoms with Crippen LogP contribution in [0, 0.1) is 0 Å². The SMILES string of the molecule is O=C(NCC(F)(F)C(=O)NCc1ncc(C(=O)O)s1)OCC1c2ccccc2-c2ccccc21. The van der Waals surface area contributed by atoms with Gasteiger partial charge in [-0.25, -0.2) is 14.6 Å². The lowest BCUT2D eigenvalue weighted by Gasteiger charge is -2.18. The molecule has 0 saturated heterocycles. The van der Waals surface area contributed by atoms with E-state index in [0.29, 0.717) is 0 Å². The highest BCUT2D eigenvalue weighted by Crippen LogP contribution is 2.44. The maximum absolute atomic E-state index is 14.2. The fourth-order valence-corrected chi connectivity index (χ4v) is 4.39. The summed E-state index contributed by atoms with van der Waals surface area (Å²) in [4.78, 5) is 38.4. The number of hydrogen-bond donors (Lipinski definition) is 3. The van der Waals surface area contributed by atoms with E-state index in [9.17, 15) is 23.2 Å². The van der Waals surface area contributed by atoms with Crippen LogP contribution in [-0.2, 0) is 16.1 Å². The minimum Gasteiger partial charge on any atom is -0.477 e. The molecule has 34 heavy (non-hydrogen) atoms. The van der Waals surface area contributed by atoms with Crippen LogP contribution < -0.4 is 10.6 Å². The van der Waals surface area contributed by atoms with Crippen molar-refractivity contribution >= 4 is 29.3 Å². The molecule has 3 N–H and O–H groups in total. The maximum Gasteiger partial charge on any atom is 0.407 e. The molecule has 0 aliphatic heterocycles. The number of aromatic nitrogens is 1. The highest BCUT2D eigenvalue weighted by Gasteiger charge is 2.39. The van der Waals surface area contributed by atoms with Crippen molar-refractivity contribution in [3.8, 4) is 11.1 Å². The van der Waals surface area contributed by atoms with Gasteiger partial charge in [0.05, 0.1) is 19.3 Å². The van der Waals surface area contributed by atoms with E-state index in [1.807, 2.05) is 59.2 Å². The molecule has 0 radical (unpaired) electrons. The summed E-state index contributed by atoms with van der Waals surface area (Å²) in [5, 5.41) is 12.9. The van der Waals surface area contributed by atoms with Crippen LogP contribution in [0.5, 0.6) is 0 Å². The lowest BCUT2D eigenvalue weighted by Crippen LogP contribution is -2.48. The number of alkyl halides is 2. The molecule has 11 heteroatoms. The molecular weight excluding hydrogens is 468 g/mol. The van der Waals surface area contributed by atoms with Gasteiger partial charge in [-0.15, -0.1) is 11.3 Å². The molecule has 3 aromatic rings. The minimum absolute atomic E-state index is 0.0480. The minimum atomic E-state index is -3.90. The number of benzene rings is 2. The Morgan fingerprint density at radius 1 is 1.03 bits per heavy atom. The van der Waals surface area contributed by atoms with Crippen molar-refractivity contribution in [1.82, 2.24) is 15.6 Å². The van der Waals surface area contributed by atoms with E-state index in [2.05, 4.69) is 4.98 Å². The average Bonchev–Trinajstić information content (AvgIpc) is 3.43. The zero-order valence-electron chi connectivity index (χ0n) is 17.6. The third kappa shape index (κ3) is 4.88. The number of carbonyl (C=O) groups is 3. The molecule has 0 saturated carbocycles. The first-order chi connectivity index (χ1) is 16.3. The van der Waals surface area contributed by atoms with Crippen molar-refractivity contribution < 1.29 is 33.0 Å². The van der Waals surface area contributed by atoms with Crippen molar-refractivity contribution in [2.45, 2.75) is 18.4 Å². The van der Waals surface area contributed by atoms with E-state index >= 15 is 0 Å². The fraction of sp³-hybridized carbons (Fsp3) is 0.217. The Morgan fingerprint density at radius 3 is 2.24 bits per heavy atom. The predicted octanol–water partition coefficient (Wildman–Crippen LogP) is 3.63. The second kappa shape index (κ2) is 9.56. The topological polar surface area (TPSA) is 118 Å². The van der Waals surface area contributed by atoms with Crippen molar-refractivity contribution in [2.75, 3.05) is 13.2 Å². The number of aromatic carboxylic acids is 1. The van der Waals surface area contributed by atoms with Gasteiger partial charge in [-0.05, 0) is 22.3 Å². The molecule has 0 unspecified atom stereocenters. The van der Waals surface area contributed by atoms with Gasteiger partial charge in [-0.1, -0.05) is 48.5 Å². The molecule has 1 aliphatic carbocycles. The Labute approximate surface area is 196 Å². The van der Waals surface area contributed by atoms with Crippen LogP contribution in [0.3, 0.4) is 0 Å². The van der Waals surface area contributed by atoms with Crippen LogP contribution in [0.1, 0.15) is 31.7 Å². The van der Waals surface area contributed by atoms with Gasteiger partial charge >= 0.3 is 18.0 Å². The number of amides is 2. The zero-order valence-corrected chi connectivity index (χ0v) is 18.4. The van der Waals surface area contributed by atoms with Gasteiger partial charge in [-0.3, -0.25) is 4.79 Å². The summed E-state index contributed by atoms with van der Waals surface area (Å²) in [5.41, 5.74) is 4.03. The second-order valence-corrected chi connectivity index (χ2v) is 8.60. The van der Waals surface area contributed by atoms with Crippen LogP contribution in [-0.4, -0.2) is 47.1 Å². The Bertz CT molecular complexity index is 1200. The number of alkyl carbamates (subject to hydrolysis) is 1. The number of carboxylic acids is 1. The number of nitrogens with one attached hydrogen (secondary N) is 2. The summed E-state index contributed by atoms with van der Waals surface area (Å²) >= 11 is 0.761. The smallest absolute Gasteiger partial charge is 0.407 e. The number of fused-ring (bicyclic) bond motifs is 3.